The van der Waals surface area contributed by atoms with Crippen molar-refractivity contribution >= 4 is 27.2 Å². The molecule has 7 N–H and O–H groups in total. The van der Waals surface area contributed by atoms with E-state index in [9.17, 15) is 13.0 Å². The molecule has 0 aliphatic rings. The zero-order valence-electron chi connectivity index (χ0n) is 16.9. The molecule has 0 saturated heterocycles. The van der Waals surface area contributed by atoms with Crippen molar-refractivity contribution in [3.8, 4) is 0 Å². The number of nitrogen functional groups attached to an aromatic ring is 3. The van der Waals surface area contributed by atoms with E-state index in [4.69, 9.17) is 17.2 Å². The maximum absolute atomic E-state index is 11.4. The van der Waals surface area contributed by atoms with E-state index in [0.717, 1.165) is 16.7 Å². The van der Waals surface area contributed by atoms with Crippen molar-refractivity contribution < 1.29 is 42.5 Å². The maximum Gasteiger partial charge on any atom is 1.00 e. The summed E-state index contributed by atoms with van der Waals surface area (Å²) in [6.45, 7) is 0. The molecule has 30 heavy (non-hydrogen) atoms. The minimum atomic E-state index is -4.08. The van der Waals surface area contributed by atoms with Crippen LogP contribution in [0.1, 0.15) is 29.5 Å². The Morgan fingerprint density at radius 2 is 1.27 bits per heavy atom. The number of hydrogen-bond donors (Lipinski definition) is 4. The average Bonchev–Trinajstić information content (AvgIpc) is 2.67. The van der Waals surface area contributed by atoms with Crippen LogP contribution in [0, 0.1) is 6.07 Å². The van der Waals surface area contributed by atoms with Gasteiger partial charge < -0.3 is 17.2 Å². The van der Waals surface area contributed by atoms with Crippen molar-refractivity contribution in [3.05, 3.63) is 89.5 Å². The second-order valence-corrected chi connectivity index (χ2v) is 8.65. The van der Waals surface area contributed by atoms with Gasteiger partial charge in [-0.1, -0.05) is 30.0 Å². The van der Waals surface area contributed by atoms with Crippen LogP contribution in [-0.2, 0) is 15.5 Å². The van der Waals surface area contributed by atoms with E-state index in [1.54, 1.807) is 12.1 Å². The zero-order valence-corrected chi connectivity index (χ0v) is 19.7. The number of benzene rings is 3. The molecule has 0 aliphatic carbocycles. The summed E-state index contributed by atoms with van der Waals surface area (Å²) in [5.74, 6) is -0.340. The van der Waals surface area contributed by atoms with E-state index in [-0.39, 0.29) is 41.7 Å². The van der Waals surface area contributed by atoms with E-state index >= 15 is 0 Å². The molecule has 0 aromatic heterocycles. The van der Waals surface area contributed by atoms with Gasteiger partial charge in [0.25, 0.3) is 10.1 Å². The standard InChI is InChI=1S/C22H24N3O3S.Na/c23-19-8-2-16(3-9-19)22(14-1-15-29(26,27)28,17-4-10-20(24)11-5-17)18-6-12-21(25)13-7-18;/h2-6,8-13H,1,14-15,23-25H2,(H,26,27,28);/q-1;+1. The van der Waals surface area contributed by atoms with E-state index in [1.807, 2.05) is 54.6 Å². The third-order valence-electron chi connectivity index (χ3n) is 5.06. The van der Waals surface area contributed by atoms with Crippen molar-refractivity contribution in [2.75, 3.05) is 23.0 Å². The predicted molar refractivity (Wildman–Crippen MR) is 117 cm³/mol. The molecule has 0 fully saturated rings. The molecule has 0 radical (unpaired) electrons. The minimum absolute atomic E-state index is 0. The molecule has 0 heterocycles. The van der Waals surface area contributed by atoms with Gasteiger partial charge in [0.1, 0.15) is 0 Å². The van der Waals surface area contributed by atoms with E-state index < -0.39 is 15.5 Å². The first-order valence-electron chi connectivity index (χ1n) is 9.15. The van der Waals surface area contributed by atoms with Gasteiger partial charge in [-0.2, -0.15) is 26.6 Å². The minimum Gasteiger partial charge on any atom is -0.449 e. The Morgan fingerprint density at radius 1 is 0.800 bits per heavy atom. The Balaban J connectivity index is 0.00000320. The number of anilines is 3. The Bertz CT molecular complexity index is 957. The summed E-state index contributed by atoms with van der Waals surface area (Å²) in [7, 11) is -4.08. The molecule has 3 aromatic carbocycles. The molecule has 3 rings (SSSR count). The van der Waals surface area contributed by atoms with Crippen LogP contribution in [0.25, 0.3) is 0 Å². The molecule has 6 nitrogen and oxygen atoms in total. The summed E-state index contributed by atoms with van der Waals surface area (Å²) in [5.41, 5.74) is 21.4. The SMILES string of the molecule is Nc1c[c-]c(C(CCCS(=O)(=O)O)(c2ccc(N)cc2)c2ccc(N)cc2)cc1.[Na+]. The molecule has 8 heteroatoms. The van der Waals surface area contributed by atoms with Gasteiger partial charge in [0.2, 0.25) is 0 Å². The molecule has 0 unspecified atom stereocenters. The molecule has 0 saturated carbocycles. The van der Waals surface area contributed by atoms with Crippen LogP contribution in [0.5, 0.6) is 0 Å². The molecule has 0 atom stereocenters. The van der Waals surface area contributed by atoms with Crippen LogP contribution in [0.15, 0.2) is 66.7 Å². The van der Waals surface area contributed by atoms with Crippen LogP contribution in [0.4, 0.5) is 17.1 Å². The van der Waals surface area contributed by atoms with Crippen LogP contribution < -0.4 is 46.8 Å². The molecule has 0 aliphatic heterocycles. The molecule has 0 bridgehead atoms. The third-order valence-corrected chi connectivity index (χ3v) is 5.86. The van der Waals surface area contributed by atoms with Gasteiger partial charge >= 0.3 is 29.6 Å². The van der Waals surface area contributed by atoms with Crippen molar-refractivity contribution in [2.45, 2.75) is 18.3 Å². The van der Waals surface area contributed by atoms with Crippen LogP contribution in [-0.4, -0.2) is 18.7 Å². The van der Waals surface area contributed by atoms with Crippen molar-refractivity contribution in [1.29, 1.82) is 0 Å². The summed E-state index contributed by atoms with van der Waals surface area (Å²) in [5, 5.41) is 0. The fourth-order valence-corrected chi connectivity index (χ4v) is 4.17. The van der Waals surface area contributed by atoms with Gasteiger partial charge in [-0.15, -0.1) is 11.6 Å². The molecule has 3 aromatic rings. The van der Waals surface area contributed by atoms with Gasteiger partial charge in [-0.3, -0.25) is 4.55 Å². The Labute approximate surface area is 199 Å². The normalized spacial score (nSPS) is 11.6. The second kappa shape index (κ2) is 9.85. The Kier molecular flexibility index (Phi) is 7.96. The topological polar surface area (TPSA) is 132 Å². The number of rotatable bonds is 7. The Hall–Kier alpha value is -2.03. The fraction of sp³-hybridized carbons (Fsp3) is 0.182. The summed E-state index contributed by atoms with van der Waals surface area (Å²) in [6, 6.07) is 23.5. The first-order valence-corrected chi connectivity index (χ1v) is 10.8. The van der Waals surface area contributed by atoms with Crippen molar-refractivity contribution in [1.82, 2.24) is 0 Å². The van der Waals surface area contributed by atoms with Gasteiger partial charge in [0, 0.05) is 16.8 Å². The first-order chi connectivity index (χ1) is 13.7. The monoisotopic (exact) mass is 433 g/mol. The van der Waals surface area contributed by atoms with Crippen molar-refractivity contribution in [2.24, 2.45) is 0 Å². The van der Waals surface area contributed by atoms with Crippen LogP contribution >= 0.6 is 0 Å². The molecule has 0 spiro atoms. The fourth-order valence-electron chi connectivity index (χ4n) is 3.66. The largest absolute Gasteiger partial charge is 1.00 e. The number of hydrogen-bond acceptors (Lipinski definition) is 5. The summed E-state index contributed by atoms with van der Waals surface area (Å²) < 4.78 is 32.0. The molecule has 0 amide bonds. The average molecular weight is 434 g/mol. The van der Waals surface area contributed by atoms with Crippen molar-refractivity contribution in [3.63, 3.8) is 0 Å². The summed E-state index contributed by atoms with van der Waals surface area (Å²) in [6.07, 6.45) is 0.660. The first kappa shape index (κ1) is 24.2. The molecule has 152 valence electrons. The quantitative estimate of drug-likeness (QED) is 0.139. The summed E-state index contributed by atoms with van der Waals surface area (Å²) in [4.78, 5) is 0. The molecular formula is C22H24N3NaO3S. The van der Waals surface area contributed by atoms with Gasteiger partial charge in [-0.05, 0) is 48.2 Å². The van der Waals surface area contributed by atoms with E-state index in [1.165, 1.54) is 0 Å². The van der Waals surface area contributed by atoms with Gasteiger partial charge in [0.05, 0.1) is 5.75 Å². The van der Waals surface area contributed by atoms with Crippen LogP contribution in [0.2, 0.25) is 0 Å². The third kappa shape index (κ3) is 5.56. The maximum atomic E-state index is 11.4. The van der Waals surface area contributed by atoms with Gasteiger partial charge in [-0.25, -0.2) is 0 Å². The Morgan fingerprint density at radius 3 is 1.67 bits per heavy atom. The second-order valence-electron chi connectivity index (χ2n) is 7.07. The predicted octanol–water partition coefficient (Wildman–Crippen LogP) is 0.240. The van der Waals surface area contributed by atoms with E-state index in [0.29, 0.717) is 23.5 Å². The van der Waals surface area contributed by atoms with Crippen LogP contribution in [0.3, 0.4) is 0 Å². The smallest absolute Gasteiger partial charge is 0.449 e. The van der Waals surface area contributed by atoms with Gasteiger partial charge in [0.15, 0.2) is 0 Å². The number of nitrogens with two attached hydrogens (primary N) is 3. The molecular weight excluding hydrogens is 409 g/mol. The van der Waals surface area contributed by atoms with E-state index in [2.05, 4.69) is 6.07 Å². The summed E-state index contributed by atoms with van der Waals surface area (Å²) >= 11 is 0. The zero-order chi connectivity index (χ0) is 21.1.